The molecule has 1 aromatic rings. The van der Waals surface area contributed by atoms with E-state index < -0.39 is 0 Å². The van der Waals surface area contributed by atoms with Gasteiger partial charge in [0.25, 0.3) is 0 Å². The molecule has 0 saturated heterocycles. The molecule has 0 unspecified atom stereocenters. The van der Waals surface area contributed by atoms with Gasteiger partial charge in [-0.1, -0.05) is 37.3 Å². The van der Waals surface area contributed by atoms with Crippen LogP contribution in [0.25, 0.3) is 0 Å². The summed E-state index contributed by atoms with van der Waals surface area (Å²) in [6.07, 6.45) is 1.08. The molecular weight excluding hydrogens is 158 g/mol. The van der Waals surface area contributed by atoms with Gasteiger partial charge in [0, 0.05) is 5.54 Å². The Bertz CT molecular complexity index is 239. The second kappa shape index (κ2) is 4.43. The van der Waals surface area contributed by atoms with E-state index in [0.29, 0.717) is 0 Å². The van der Waals surface area contributed by atoms with E-state index in [1.54, 1.807) is 0 Å². The number of benzene rings is 1. The fraction of sp³-hybridized carbons (Fsp3) is 0.500. The van der Waals surface area contributed by atoms with Crippen LogP contribution in [-0.2, 0) is 6.42 Å². The van der Waals surface area contributed by atoms with Crippen molar-refractivity contribution >= 4 is 0 Å². The predicted octanol–water partition coefficient (Wildman–Crippen LogP) is 2.62. The van der Waals surface area contributed by atoms with Crippen molar-refractivity contribution in [2.45, 2.75) is 32.7 Å². The van der Waals surface area contributed by atoms with Crippen LogP contribution in [0.2, 0.25) is 0 Å². The van der Waals surface area contributed by atoms with E-state index in [4.69, 9.17) is 0 Å². The Morgan fingerprint density at radius 3 is 2.31 bits per heavy atom. The Labute approximate surface area is 81.2 Å². The minimum atomic E-state index is 0.204. The molecule has 1 heteroatoms. The van der Waals surface area contributed by atoms with Crippen LogP contribution in [0.4, 0.5) is 0 Å². The molecule has 0 heterocycles. The second-order valence-electron chi connectivity index (χ2n) is 4.08. The van der Waals surface area contributed by atoms with Crippen LogP contribution < -0.4 is 5.32 Å². The fourth-order valence-corrected chi connectivity index (χ4v) is 1.65. The zero-order valence-corrected chi connectivity index (χ0v) is 8.80. The molecule has 0 aliphatic rings. The fourth-order valence-electron chi connectivity index (χ4n) is 1.65. The van der Waals surface area contributed by atoms with Crippen LogP contribution in [0.15, 0.2) is 30.3 Å². The monoisotopic (exact) mass is 177 g/mol. The first-order valence-corrected chi connectivity index (χ1v) is 4.93. The molecule has 1 nitrogen and oxygen atoms in total. The van der Waals surface area contributed by atoms with Gasteiger partial charge >= 0.3 is 0 Å². The molecule has 0 aliphatic carbocycles. The van der Waals surface area contributed by atoms with Gasteiger partial charge in [0.1, 0.15) is 0 Å². The number of nitrogens with one attached hydrogen (secondary N) is 1. The number of hydrogen-bond donors (Lipinski definition) is 1. The summed E-state index contributed by atoms with van der Waals surface area (Å²) in [5, 5.41) is 3.47. The van der Waals surface area contributed by atoms with Gasteiger partial charge in [-0.2, -0.15) is 0 Å². The maximum Gasteiger partial charge on any atom is 0.0165 e. The Morgan fingerprint density at radius 2 is 1.77 bits per heavy atom. The average molecular weight is 177 g/mol. The molecule has 0 bridgehead atoms. The molecule has 1 rings (SSSR count). The van der Waals surface area contributed by atoms with E-state index in [-0.39, 0.29) is 5.54 Å². The van der Waals surface area contributed by atoms with Crippen molar-refractivity contribution in [3.63, 3.8) is 0 Å². The van der Waals surface area contributed by atoms with E-state index in [2.05, 4.69) is 56.4 Å². The van der Waals surface area contributed by atoms with Gasteiger partial charge in [0.2, 0.25) is 0 Å². The summed E-state index contributed by atoms with van der Waals surface area (Å²) < 4.78 is 0. The molecule has 0 amide bonds. The van der Waals surface area contributed by atoms with E-state index in [9.17, 15) is 0 Å². The molecule has 0 aromatic heterocycles. The first-order chi connectivity index (χ1) is 6.14. The predicted molar refractivity (Wildman–Crippen MR) is 57.9 cm³/mol. The molecule has 0 spiro atoms. The number of rotatable bonds is 4. The first kappa shape index (κ1) is 10.3. The molecule has 72 valence electrons. The quantitative estimate of drug-likeness (QED) is 0.745. The molecule has 1 aromatic carbocycles. The highest BCUT2D eigenvalue weighted by Gasteiger charge is 2.15. The third-order valence-electron chi connectivity index (χ3n) is 2.14. The Morgan fingerprint density at radius 1 is 1.15 bits per heavy atom. The van der Waals surface area contributed by atoms with Crippen LogP contribution >= 0.6 is 0 Å². The van der Waals surface area contributed by atoms with Gasteiger partial charge in [-0.3, -0.25) is 0 Å². The van der Waals surface area contributed by atoms with E-state index in [1.165, 1.54) is 5.56 Å². The van der Waals surface area contributed by atoms with E-state index in [1.807, 2.05) is 0 Å². The van der Waals surface area contributed by atoms with Crippen LogP contribution in [0, 0.1) is 0 Å². The molecule has 13 heavy (non-hydrogen) atoms. The van der Waals surface area contributed by atoms with Gasteiger partial charge in [-0.05, 0) is 32.4 Å². The summed E-state index contributed by atoms with van der Waals surface area (Å²) in [7, 11) is 0. The highest BCUT2D eigenvalue weighted by Crippen LogP contribution is 2.11. The van der Waals surface area contributed by atoms with Crippen molar-refractivity contribution < 1.29 is 0 Å². The normalized spacial score (nSPS) is 11.6. The number of hydrogen-bond acceptors (Lipinski definition) is 1. The molecule has 0 saturated carbocycles. The minimum Gasteiger partial charge on any atom is -0.312 e. The first-order valence-electron chi connectivity index (χ1n) is 4.93. The Balaban J connectivity index is 2.58. The van der Waals surface area contributed by atoms with Gasteiger partial charge in [0.05, 0.1) is 0 Å². The minimum absolute atomic E-state index is 0.204. The SMILES string of the molecule is CCNC(C)(C)Cc1ccccc1. The summed E-state index contributed by atoms with van der Waals surface area (Å²) in [5.74, 6) is 0. The standard InChI is InChI=1S/C12H19N/c1-4-13-12(2,3)10-11-8-6-5-7-9-11/h5-9,13H,4,10H2,1-3H3. The molecular formula is C12H19N. The highest BCUT2D eigenvalue weighted by molar-refractivity contribution is 5.17. The van der Waals surface area contributed by atoms with Crippen molar-refractivity contribution in [2.24, 2.45) is 0 Å². The lowest BCUT2D eigenvalue weighted by molar-refractivity contribution is 0.397. The lowest BCUT2D eigenvalue weighted by Gasteiger charge is -2.25. The van der Waals surface area contributed by atoms with Crippen LogP contribution in [0.1, 0.15) is 26.3 Å². The van der Waals surface area contributed by atoms with Crippen LogP contribution in [-0.4, -0.2) is 12.1 Å². The van der Waals surface area contributed by atoms with Crippen molar-refractivity contribution in [1.82, 2.24) is 5.32 Å². The lowest BCUT2D eigenvalue weighted by Crippen LogP contribution is -2.40. The van der Waals surface area contributed by atoms with E-state index >= 15 is 0 Å². The molecule has 0 radical (unpaired) electrons. The summed E-state index contributed by atoms with van der Waals surface area (Å²) in [5.41, 5.74) is 1.60. The Hall–Kier alpha value is -0.820. The maximum atomic E-state index is 3.47. The van der Waals surface area contributed by atoms with Crippen molar-refractivity contribution in [3.05, 3.63) is 35.9 Å². The molecule has 0 aliphatic heterocycles. The topological polar surface area (TPSA) is 12.0 Å². The van der Waals surface area contributed by atoms with Gasteiger partial charge < -0.3 is 5.32 Å². The van der Waals surface area contributed by atoms with Crippen molar-refractivity contribution in [3.8, 4) is 0 Å². The second-order valence-corrected chi connectivity index (χ2v) is 4.08. The molecule has 0 atom stereocenters. The zero-order chi connectivity index (χ0) is 9.73. The summed E-state index contributed by atoms with van der Waals surface area (Å²) >= 11 is 0. The highest BCUT2D eigenvalue weighted by atomic mass is 14.9. The lowest BCUT2D eigenvalue weighted by atomic mass is 9.95. The number of likely N-dealkylation sites (N-methyl/N-ethyl adjacent to an activating group) is 1. The molecule has 1 N–H and O–H groups in total. The largest absolute Gasteiger partial charge is 0.312 e. The molecule has 0 fully saturated rings. The van der Waals surface area contributed by atoms with Crippen molar-refractivity contribution in [1.29, 1.82) is 0 Å². The summed E-state index contributed by atoms with van der Waals surface area (Å²) in [6.45, 7) is 7.65. The average Bonchev–Trinajstić information content (AvgIpc) is 2.04. The van der Waals surface area contributed by atoms with Gasteiger partial charge in [-0.15, -0.1) is 0 Å². The van der Waals surface area contributed by atoms with Gasteiger partial charge in [-0.25, -0.2) is 0 Å². The van der Waals surface area contributed by atoms with Gasteiger partial charge in [0.15, 0.2) is 0 Å². The maximum absolute atomic E-state index is 3.47. The van der Waals surface area contributed by atoms with Crippen LogP contribution in [0.5, 0.6) is 0 Å². The third kappa shape index (κ3) is 3.60. The zero-order valence-electron chi connectivity index (χ0n) is 8.80. The Kier molecular flexibility index (Phi) is 3.49. The van der Waals surface area contributed by atoms with Crippen molar-refractivity contribution in [2.75, 3.05) is 6.54 Å². The smallest absolute Gasteiger partial charge is 0.0165 e. The summed E-state index contributed by atoms with van der Waals surface area (Å²) in [4.78, 5) is 0. The van der Waals surface area contributed by atoms with Crippen LogP contribution in [0.3, 0.4) is 0 Å². The third-order valence-corrected chi connectivity index (χ3v) is 2.14. The van der Waals surface area contributed by atoms with E-state index in [0.717, 1.165) is 13.0 Å². The summed E-state index contributed by atoms with van der Waals surface area (Å²) in [6, 6.07) is 10.6.